The Balaban J connectivity index is 2.36. The minimum Gasteiger partial charge on any atom is -0.342 e. The Morgan fingerprint density at radius 1 is 1.67 bits per heavy atom. The lowest BCUT2D eigenvalue weighted by Gasteiger charge is -2.27. The van der Waals surface area contributed by atoms with Crippen molar-refractivity contribution in [3.05, 3.63) is 0 Å². The quantitative estimate of drug-likeness (QED) is 0.773. The second-order valence-corrected chi connectivity index (χ2v) is 5.21. The van der Waals surface area contributed by atoms with Crippen molar-refractivity contribution in [3.8, 4) is 0 Å². The summed E-state index contributed by atoms with van der Waals surface area (Å²) < 4.78 is 0. The molecule has 1 heterocycles. The topological polar surface area (TPSA) is 32.3 Å². The molecule has 1 aliphatic heterocycles. The van der Waals surface area contributed by atoms with Crippen LogP contribution in [0.25, 0.3) is 0 Å². The maximum absolute atomic E-state index is 12.0. The van der Waals surface area contributed by atoms with Crippen molar-refractivity contribution in [2.45, 2.75) is 38.3 Å². The van der Waals surface area contributed by atoms with Crippen molar-refractivity contribution in [2.75, 3.05) is 25.6 Å². The number of amides is 1. The third-order valence-corrected chi connectivity index (χ3v) is 3.75. The molecule has 1 saturated heterocycles. The van der Waals surface area contributed by atoms with Crippen LogP contribution in [-0.2, 0) is 4.79 Å². The monoisotopic (exact) mass is 230 g/mol. The molecule has 1 unspecified atom stereocenters. The van der Waals surface area contributed by atoms with E-state index >= 15 is 0 Å². The lowest BCUT2D eigenvalue weighted by Crippen LogP contribution is -2.45. The number of carbonyl (C=O) groups excluding carboxylic acids is 1. The molecule has 0 aromatic heterocycles. The van der Waals surface area contributed by atoms with Gasteiger partial charge in [-0.05, 0) is 44.7 Å². The molecule has 4 heteroatoms. The van der Waals surface area contributed by atoms with Crippen LogP contribution in [0.3, 0.4) is 0 Å². The van der Waals surface area contributed by atoms with E-state index in [4.69, 9.17) is 0 Å². The van der Waals surface area contributed by atoms with E-state index in [9.17, 15) is 4.79 Å². The van der Waals surface area contributed by atoms with E-state index in [1.165, 1.54) is 0 Å². The molecule has 0 aromatic carbocycles. The fourth-order valence-electron chi connectivity index (χ4n) is 1.84. The highest BCUT2D eigenvalue weighted by Gasteiger charge is 2.26. The summed E-state index contributed by atoms with van der Waals surface area (Å²) in [7, 11) is 1.92. The molecule has 0 spiro atoms. The summed E-state index contributed by atoms with van der Waals surface area (Å²) in [5, 5.41) is 3.25. The second kappa shape index (κ2) is 6.38. The van der Waals surface area contributed by atoms with Gasteiger partial charge >= 0.3 is 0 Å². The van der Waals surface area contributed by atoms with Gasteiger partial charge in [0.2, 0.25) is 5.91 Å². The summed E-state index contributed by atoms with van der Waals surface area (Å²) >= 11 is 1.84. The number of carbonyl (C=O) groups is 1. The molecule has 15 heavy (non-hydrogen) atoms. The number of rotatable bonds is 5. The summed E-state index contributed by atoms with van der Waals surface area (Å²) in [6, 6.07) is 0.430. The first-order chi connectivity index (χ1) is 7.16. The summed E-state index contributed by atoms with van der Waals surface area (Å²) in [6.45, 7) is 3.12. The number of thioether (sulfide) groups is 1. The minimum atomic E-state index is 0.0757. The molecule has 1 aliphatic rings. The van der Waals surface area contributed by atoms with E-state index in [-0.39, 0.29) is 11.9 Å². The summed E-state index contributed by atoms with van der Waals surface area (Å²) in [5.74, 6) is 1.39. The number of nitrogens with zero attached hydrogens (tertiary/aromatic N) is 1. The Morgan fingerprint density at radius 3 is 2.93 bits per heavy atom. The van der Waals surface area contributed by atoms with Crippen LogP contribution < -0.4 is 5.32 Å². The molecule has 1 amide bonds. The van der Waals surface area contributed by atoms with Crippen molar-refractivity contribution >= 4 is 17.7 Å². The van der Waals surface area contributed by atoms with E-state index in [0.717, 1.165) is 31.6 Å². The molecular formula is C11H22N2OS. The number of likely N-dealkylation sites (N-methyl/N-ethyl adjacent to an activating group) is 1. The van der Waals surface area contributed by atoms with Crippen LogP contribution in [0, 0.1) is 0 Å². The standard InChI is InChI=1S/C11H22N2OS/c1-9(6-8-15-3)13(2)11(14)10-5-4-7-12-10/h9-10,12H,4-8H2,1-3H3/t9?,10-/m0/s1. The zero-order valence-electron chi connectivity index (χ0n) is 9.95. The van der Waals surface area contributed by atoms with E-state index in [0.29, 0.717) is 6.04 Å². The van der Waals surface area contributed by atoms with Crippen LogP contribution in [0.2, 0.25) is 0 Å². The highest BCUT2D eigenvalue weighted by Crippen LogP contribution is 2.12. The normalized spacial score (nSPS) is 22.7. The molecule has 1 N–H and O–H groups in total. The Kier molecular flexibility index (Phi) is 5.47. The highest BCUT2D eigenvalue weighted by atomic mass is 32.2. The maximum Gasteiger partial charge on any atom is 0.239 e. The van der Waals surface area contributed by atoms with Gasteiger partial charge in [0.05, 0.1) is 6.04 Å². The molecule has 0 aliphatic carbocycles. The smallest absolute Gasteiger partial charge is 0.239 e. The minimum absolute atomic E-state index is 0.0757. The van der Waals surface area contributed by atoms with Crippen LogP contribution in [0.1, 0.15) is 26.2 Å². The molecule has 0 aromatic rings. The van der Waals surface area contributed by atoms with Gasteiger partial charge in [-0.3, -0.25) is 4.79 Å². The Bertz CT molecular complexity index is 205. The Labute approximate surface area is 97.0 Å². The van der Waals surface area contributed by atoms with Crippen LogP contribution in [-0.4, -0.2) is 48.5 Å². The maximum atomic E-state index is 12.0. The molecule has 2 atom stereocenters. The lowest BCUT2D eigenvalue weighted by molar-refractivity contribution is -0.133. The predicted octanol–water partition coefficient (Wildman–Crippen LogP) is 1.34. The van der Waals surface area contributed by atoms with Gasteiger partial charge in [0, 0.05) is 13.1 Å². The van der Waals surface area contributed by atoms with E-state index in [2.05, 4.69) is 18.5 Å². The summed E-state index contributed by atoms with van der Waals surface area (Å²) in [6.07, 6.45) is 5.31. The largest absolute Gasteiger partial charge is 0.342 e. The molecular weight excluding hydrogens is 208 g/mol. The molecule has 1 fully saturated rings. The second-order valence-electron chi connectivity index (χ2n) is 4.23. The molecule has 0 saturated carbocycles. The van der Waals surface area contributed by atoms with Gasteiger partial charge in [-0.15, -0.1) is 0 Å². The molecule has 88 valence electrons. The van der Waals surface area contributed by atoms with Gasteiger partial charge < -0.3 is 10.2 Å². The van der Waals surface area contributed by atoms with Gasteiger partial charge in [0.1, 0.15) is 0 Å². The summed E-state index contributed by atoms with van der Waals surface area (Å²) in [4.78, 5) is 13.9. The van der Waals surface area contributed by atoms with Gasteiger partial charge in [0.25, 0.3) is 0 Å². The van der Waals surface area contributed by atoms with Crippen molar-refractivity contribution in [2.24, 2.45) is 0 Å². The first-order valence-corrected chi connectivity index (χ1v) is 7.05. The van der Waals surface area contributed by atoms with Gasteiger partial charge in [-0.25, -0.2) is 0 Å². The third kappa shape index (κ3) is 3.68. The van der Waals surface area contributed by atoms with Crippen molar-refractivity contribution < 1.29 is 4.79 Å². The van der Waals surface area contributed by atoms with Crippen molar-refractivity contribution in [1.82, 2.24) is 10.2 Å². The zero-order chi connectivity index (χ0) is 11.3. The highest BCUT2D eigenvalue weighted by molar-refractivity contribution is 7.98. The van der Waals surface area contributed by atoms with Gasteiger partial charge in [-0.2, -0.15) is 11.8 Å². The SMILES string of the molecule is CSCCC(C)N(C)C(=O)[C@@H]1CCCN1. The Hall–Kier alpha value is -0.220. The van der Waals surface area contributed by atoms with Crippen LogP contribution in [0.4, 0.5) is 0 Å². The number of hydrogen-bond donors (Lipinski definition) is 1. The average molecular weight is 230 g/mol. The van der Waals surface area contributed by atoms with Crippen LogP contribution >= 0.6 is 11.8 Å². The summed E-state index contributed by atoms with van der Waals surface area (Å²) in [5.41, 5.74) is 0. The zero-order valence-corrected chi connectivity index (χ0v) is 10.8. The number of hydrogen-bond acceptors (Lipinski definition) is 3. The predicted molar refractivity (Wildman–Crippen MR) is 66.3 cm³/mol. The van der Waals surface area contributed by atoms with E-state index in [1.807, 2.05) is 23.7 Å². The van der Waals surface area contributed by atoms with Gasteiger partial charge in [0.15, 0.2) is 0 Å². The molecule has 3 nitrogen and oxygen atoms in total. The lowest BCUT2D eigenvalue weighted by atomic mass is 10.1. The third-order valence-electron chi connectivity index (χ3n) is 3.11. The first-order valence-electron chi connectivity index (χ1n) is 5.65. The fourth-order valence-corrected chi connectivity index (χ4v) is 2.42. The molecule has 0 radical (unpaired) electrons. The van der Waals surface area contributed by atoms with Crippen molar-refractivity contribution in [1.29, 1.82) is 0 Å². The van der Waals surface area contributed by atoms with Crippen molar-refractivity contribution in [3.63, 3.8) is 0 Å². The number of nitrogens with one attached hydrogen (secondary N) is 1. The van der Waals surface area contributed by atoms with Crippen LogP contribution in [0.15, 0.2) is 0 Å². The fraction of sp³-hybridized carbons (Fsp3) is 0.909. The first kappa shape index (κ1) is 12.8. The van der Waals surface area contributed by atoms with E-state index < -0.39 is 0 Å². The molecule has 0 bridgehead atoms. The average Bonchev–Trinajstić information content (AvgIpc) is 2.77. The molecule has 1 rings (SSSR count). The Morgan fingerprint density at radius 2 is 2.40 bits per heavy atom. The van der Waals surface area contributed by atoms with Crippen LogP contribution in [0.5, 0.6) is 0 Å². The van der Waals surface area contributed by atoms with E-state index in [1.54, 1.807) is 0 Å². The van der Waals surface area contributed by atoms with Gasteiger partial charge in [-0.1, -0.05) is 0 Å².